The summed E-state index contributed by atoms with van der Waals surface area (Å²) in [6.07, 6.45) is -1.23. The van der Waals surface area contributed by atoms with E-state index in [1.807, 2.05) is 31.2 Å². The Morgan fingerprint density at radius 1 is 1.16 bits per heavy atom. The molecule has 1 heterocycles. The van der Waals surface area contributed by atoms with E-state index in [1.165, 1.54) is 23.5 Å². The van der Waals surface area contributed by atoms with Crippen molar-refractivity contribution in [3.05, 3.63) is 81.6 Å². The summed E-state index contributed by atoms with van der Waals surface area (Å²) < 4.78 is 26.0. The number of anilines is 1. The molecule has 4 aromatic rings. The molecule has 0 spiro atoms. The molecule has 1 amide bonds. The number of carbonyl (C=O) groups excluding carboxylic acids is 1. The van der Waals surface area contributed by atoms with Crippen LogP contribution in [0, 0.1) is 12.7 Å². The van der Waals surface area contributed by atoms with Crippen LogP contribution in [0.1, 0.15) is 24.2 Å². The number of halogens is 3. The normalized spacial score (nSPS) is 11.9. The summed E-state index contributed by atoms with van der Waals surface area (Å²) in [6, 6.07) is 15.3. The molecule has 1 aromatic heterocycles. The standard InChI is InChI=1S/C23H17Cl2FN2O3S/c1-12-10-17-19(32-23(28-17)31-22(29)27-14-6-4-3-5-7-14)11-18(12)30-13(2)20-15(24)8-9-16(26)21(20)25/h3-11,13H,1-2H3,(H,27,29). The molecule has 4 rings (SSSR count). The SMILES string of the molecule is Cc1cc2nc(OC(=O)Nc3ccccc3)sc2cc1OC(C)c1c(Cl)ccc(F)c1Cl. The monoisotopic (exact) mass is 490 g/mol. The Morgan fingerprint density at radius 2 is 1.91 bits per heavy atom. The second-order valence-corrected chi connectivity index (χ2v) is 8.74. The first-order chi connectivity index (χ1) is 15.3. The highest BCUT2D eigenvalue weighted by Gasteiger charge is 2.20. The number of aryl methyl sites for hydroxylation is 1. The summed E-state index contributed by atoms with van der Waals surface area (Å²) in [4.78, 5) is 16.5. The highest BCUT2D eigenvalue weighted by atomic mass is 35.5. The highest BCUT2D eigenvalue weighted by Crippen LogP contribution is 2.38. The fraction of sp³-hybridized carbons (Fsp3) is 0.130. The van der Waals surface area contributed by atoms with Crippen LogP contribution in [-0.4, -0.2) is 11.1 Å². The number of hydrogen-bond acceptors (Lipinski definition) is 5. The maximum Gasteiger partial charge on any atom is 0.419 e. The number of para-hydroxylation sites is 1. The number of nitrogens with one attached hydrogen (secondary N) is 1. The maximum atomic E-state index is 13.9. The third-order valence-corrected chi connectivity index (χ3v) is 6.27. The van der Waals surface area contributed by atoms with Crippen LogP contribution in [0.4, 0.5) is 14.9 Å². The largest absolute Gasteiger partial charge is 0.486 e. The Hall–Kier alpha value is -2.87. The minimum absolute atomic E-state index is 0.0679. The quantitative estimate of drug-likeness (QED) is 0.290. The number of ether oxygens (including phenoxy) is 2. The van der Waals surface area contributed by atoms with Gasteiger partial charge in [0, 0.05) is 22.3 Å². The second kappa shape index (κ2) is 9.32. The fourth-order valence-electron chi connectivity index (χ4n) is 3.12. The second-order valence-electron chi connectivity index (χ2n) is 6.96. The van der Waals surface area contributed by atoms with Gasteiger partial charge < -0.3 is 9.47 Å². The highest BCUT2D eigenvalue weighted by molar-refractivity contribution is 7.20. The van der Waals surface area contributed by atoms with Crippen LogP contribution in [0.25, 0.3) is 10.2 Å². The molecule has 5 nitrogen and oxygen atoms in total. The molecule has 0 fully saturated rings. The number of fused-ring (bicyclic) bond motifs is 1. The van der Waals surface area contributed by atoms with Crippen molar-refractivity contribution in [2.24, 2.45) is 0 Å². The first-order valence-corrected chi connectivity index (χ1v) is 11.1. The first kappa shape index (κ1) is 22.3. The predicted octanol–water partition coefficient (Wildman–Crippen LogP) is 7.80. The third kappa shape index (κ3) is 4.80. The summed E-state index contributed by atoms with van der Waals surface area (Å²) in [5.41, 5.74) is 2.46. The topological polar surface area (TPSA) is 60.5 Å². The Labute approximate surface area is 197 Å². The van der Waals surface area contributed by atoms with Gasteiger partial charge in [-0.15, -0.1) is 0 Å². The fourth-order valence-corrected chi connectivity index (χ4v) is 4.62. The molecule has 164 valence electrons. The summed E-state index contributed by atoms with van der Waals surface area (Å²) in [6.45, 7) is 3.60. The molecule has 3 aromatic carbocycles. The third-order valence-electron chi connectivity index (χ3n) is 4.66. The van der Waals surface area contributed by atoms with Crippen LogP contribution < -0.4 is 14.8 Å². The van der Waals surface area contributed by atoms with Crippen molar-refractivity contribution < 1.29 is 18.7 Å². The van der Waals surface area contributed by atoms with E-state index < -0.39 is 18.0 Å². The van der Waals surface area contributed by atoms with E-state index in [0.29, 0.717) is 27.5 Å². The average molecular weight is 491 g/mol. The van der Waals surface area contributed by atoms with Gasteiger partial charge in [0.1, 0.15) is 17.7 Å². The number of aromatic nitrogens is 1. The Balaban J connectivity index is 1.54. The molecule has 0 aliphatic heterocycles. The van der Waals surface area contributed by atoms with Crippen molar-refractivity contribution in [3.63, 3.8) is 0 Å². The number of nitrogens with zero attached hydrogens (tertiary/aromatic N) is 1. The van der Waals surface area contributed by atoms with E-state index in [-0.39, 0.29) is 10.2 Å². The smallest absolute Gasteiger partial charge is 0.419 e. The van der Waals surface area contributed by atoms with E-state index in [0.717, 1.165) is 10.3 Å². The average Bonchev–Trinajstić information content (AvgIpc) is 3.12. The van der Waals surface area contributed by atoms with Crippen LogP contribution in [0.5, 0.6) is 10.9 Å². The van der Waals surface area contributed by atoms with Crippen LogP contribution in [0.3, 0.4) is 0 Å². The summed E-state index contributed by atoms with van der Waals surface area (Å²) in [5, 5.41) is 3.10. The molecule has 0 saturated heterocycles. The van der Waals surface area contributed by atoms with Crippen molar-refractivity contribution in [1.29, 1.82) is 0 Å². The molecule has 0 aliphatic rings. The Kier molecular flexibility index (Phi) is 6.50. The van der Waals surface area contributed by atoms with Crippen LogP contribution >= 0.6 is 34.5 Å². The zero-order chi connectivity index (χ0) is 22.8. The number of carbonyl (C=O) groups is 1. The number of rotatable bonds is 5. The lowest BCUT2D eigenvalue weighted by atomic mass is 10.1. The number of benzene rings is 3. The minimum atomic E-state index is -0.632. The molecular weight excluding hydrogens is 474 g/mol. The molecule has 0 radical (unpaired) electrons. The zero-order valence-electron chi connectivity index (χ0n) is 17.0. The van der Waals surface area contributed by atoms with Gasteiger partial charge in [0.05, 0.1) is 15.2 Å². The van der Waals surface area contributed by atoms with Crippen molar-refractivity contribution >= 4 is 56.5 Å². The van der Waals surface area contributed by atoms with Crippen molar-refractivity contribution in [2.75, 3.05) is 5.32 Å². The van der Waals surface area contributed by atoms with Gasteiger partial charge in [-0.1, -0.05) is 52.7 Å². The van der Waals surface area contributed by atoms with E-state index in [1.54, 1.807) is 25.1 Å². The maximum absolute atomic E-state index is 13.9. The van der Waals surface area contributed by atoms with Gasteiger partial charge in [-0.3, -0.25) is 5.32 Å². The zero-order valence-corrected chi connectivity index (χ0v) is 19.3. The molecule has 32 heavy (non-hydrogen) atoms. The lowest BCUT2D eigenvalue weighted by Crippen LogP contribution is -2.16. The van der Waals surface area contributed by atoms with E-state index in [9.17, 15) is 9.18 Å². The molecule has 0 aliphatic carbocycles. The molecular formula is C23H17Cl2FN2O3S. The van der Waals surface area contributed by atoms with Crippen molar-refractivity contribution in [1.82, 2.24) is 4.98 Å². The predicted molar refractivity (Wildman–Crippen MR) is 126 cm³/mol. The van der Waals surface area contributed by atoms with Crippen molar-refractivity contribution in [2.45, 2.75) is 20.0 Å². The van der Waals surface area contributed by atoms with Gasteiger partial charge in [0.2, 0.25) is 0 Å². The van der Waals surface area contributed by atoms with Crippen LogP contribution in [-0.2, 0) is 0 Å². The Morgan fingerprint density at radius 3 is 2.66 bits per heavy atom. The van der Waals surface area contributed by atoms with Gasteiger partial charge >= 0.3 is 6.09 Å². The summed E-state index contributed by atoms with van der Waals surface area (Å²) >= 11 is 13.5. The minimum Gasteiger partial charge on any atom is -0.486 e. The van der Waals surface area contributed by atoms with E-state index >= 15 is 0 Å². The van der Waals surface area contributed by atoms with E-state index in [4.69, 9.17) is 32.7 Å². The summed E-state index contributed by atoms with van der Waals surface area (Å²) in [7, 11) is 0. The molecule has 1 unspecified atom stereocenters. The van der Waals surface area contributed by atoms with Gasteiger partial charge in [0.25, 0.3) is 5.19 Å². The van der Waals surface area contributed by atoms with Crippen molar-refractivity contribution in [3.8, 4) is 10.9 Å². The lowest BCUT2D eigenvalue weighted by molar-refractivity contribution is 0.215. The molecule has 0 saturated carbocycles. The number of hydrogen-bond donors (Lipinski definition) is 1. The van der Waals surface area contributed by atoms with Crippen LogP contribution in [0.15, 0.2) is 54.6 Å². The molecule has 1 atom stereocenters. The van der Waals surface area contributed by atoms with Gasteiger partial charge in [-0.2, -0.15) is 0 Å². The first-order valence-electron chi connectivity index (χ1n) is 9.57. The van der Waals surface area contributed by atoms with Gasteiger partial charge in [0.15, 0.2) is 0 Å². The van der Waals surface area contributed by atoms with Gasteiger partial charge in [-0.25, -0.2) is 14.2 Å². The van der Waals surface area contributed by atoms with Gasteiger partial charge in [-0.05, 0) is 49.7 Å². The number of thiazole rings is 1. The molecule has 9 heteroatoms. The Bertz CT molecular complexity index is 1300. The summed E-state index contributed by atoms with van der Waals surface area (Å²) in [5.74, 6) is -0.00273. The van der Waals surface area contributed by atoms with E-state index in [2.05, 4.69) is 10.3 Å². The molecule has 0 bridgehead atoms. The number of amides is 1. The lowest BCUT2D eigenvalue weighted by Gasteiger charge is -2.19. The molecule has 1 N–H and O–H groups in total. The van der Waals surface area contributed by atoms with Crippen LogP contribution in [0.2, 0.25) is 10.0 Å².